The number of esters is 1. The molecule has 0 bridgehead atoms. The van der Waals surface area contributed by atoms with Gasteiger partial charge in [-0.3, -0.25) is 4.79 Å². The van der Waals surface area contributed by atoms with Crippen LogP contribution in [-0.2, 0) is 32.9 Å². The quantitative estimate of drug-likeness (QED) is 0.0827. The SMILES string of the molecule is CC(=O)Oc1c(CCC(C)(C)c2cc(SC(C)(C)Sc3cc(C(C)(C)C)c(O)c(C(C)(C)C)c3)cc(C(C)(C)C)c2O)cccc1C(=O)O. The average molecular weight is 709 g/mol. The van der Waals surface area contributed by atoms with Crippen molar-refractivity contribution in [1.82, 2.24) is 0 Å². The Labute approximate surface area is 302 Å². The maximum absolute atomic E-state index is 11.9. The van der Waals surface area contributed by atoms with E-state index in [1.807, 2.05) is 0 Å². The number of aromatic hydroxyl groups is 2. The van der Waals surface area contributed by atoms with Crippen molar-refractivity contribution in [2.75, 3.05) is 0 Å². The molecule has 0 unspecified atom stereocenters. The van der Waals surface area contributed by atoms with Gasteiger partial charge in [-0.1, -0.05) is 88.3 Å². The summed E-state index contributed by atoms with van der Waals surface area (Å²) in [6, 6.07) is 13.3. The summed E-state index contributed by atoms with van der Waals surface area (Å²) in [4.78, 5) is 25.9. The normalized spacial score (nSPS) is 13.0. The van der Waals surface area contributed by atoms with E-state index in [9.17, 15) is 24.9 Å². The molecule has 0 saturated carbocycles. The van der Waals surface area contributed by atoms with Gasteiger partial charge in [-0.2, -0.15) is 0 Å². The van der Waals surface area contributed by atoms with Gasteiger partial charge in [-0.05, 0) is 84.2 Å². The zero-order chi connectivity index (χ0) is 37.5. The number of hydrogen-bond acceptors (Lipinski definition) is 7. The van der Waals surface area contributed by atoms with Crippen LogP contribution in [0, 0.1) is 0 Å². The molecule has 3 aromatic rings. The molecule has 0 aliphatic rings. The Kier molecular flexibility index (Phi) is 11.7. The van der Waals surface area contributed by atoms with Crippen molar-refractivity contribution in [3.63, 3.8) is 0 Å². The van der Waals surface area contributed by atoms with Crippen LogP contribution in [0.2, 0.25) is 0 Å². The number of phenols is 2. The van der Waals surface area contributed by atoms with Crippen LogP contribution in [0.3, 0.4) is 0 Å². The fraction of sp³-hybridized carbons (Fsp3) is 0.512. The van der Waals surface area contributed by atoms with E-state index in [2.05, 4.69) is 114 Å². The number of hydrogen-bond donors (Lipinski definition) is 3. The highest BCUT2D eigenvalue weighted by Crippen LogP contribution is 2.51. The lowest BCUT2D eigenvalue weighted by molar-refractivity contribution is -0.131. The lowest BCUT2D eigenvalue weighted by atomic mass is 9.75. The average Bonchev–Trinajstić information content (AvgIpc) is 2.91. The molecule has 0 fully saturated rings. The molecule has 3 rings (SSSR count). The molecule has 6 nitrogen and oxygen atoms in total. The first-order valence-electron chi connectivity index (χ1n) is 16.8. The molecule has 3 N–H and O–H groups in total. The van der Waals surface area contributed by atoms with E-state index < -0.39 is 17.4 Å². The van der Waals surface area contributed by atoms with Crippen LogP contribution in [0.1, 0.15) is 142 Å². The predicted octanol–water partition coefficient (Wildman–Crippen LogP) is 11.1. The predicted molar refractivity (Wildman–Crippen MR) is 204 cm³/mol. The molecule has 0 spiro atoms. The minimum absolute atomic E-state index is 0.0561. The van der Waals surface area contributed by atoms with Crippen molar-refractivity contribution < 1.29 is 29.6 Å². The van der Waals surface area contributed by atoms with E-state index in [1.54, 1.807) is 35.7 Å². The number of carbonyl (C=O) groups excluding carboxylic acids is 1. The number of carbonyl (C=O) groups is 2. The van der Waals surface area contributed by atoms with Gasteiger partial charge >= 0.3 is 11.9 Å². The van der Waals surface area contributed by atoms with Gasteiger partial charge in [0.25, 0.3) is 0 Å². The summed E-state index contributed by atoms with van der Waals surface area (Å²) in [7, 11) is 0. The van der Waals surface area contributed by atoms with E-state index in [1.165, 1.54) is 13.0 Å². The third-order valence-electron chi connectivity index (χ3n) is 8.64. The molecule has 49 heavy (non-hydrogen) atoms. The molecule has 0 atom stereocenters. The Balaban J connectivity index is 2.05. The van der Waals surface area contributed by atoms with Gasteiger partial charge in [0.05, 0.1) is 4.08 Å². The van der Waals surface area contributed by atoms with Gasteiger partial charge in [-0.25, -0.2) is 4.79 Å². The third-order valence-corrected chi connectivity index (χ3v) is 11.1. The molecular weight excluding hydrogens is 653 g/mol. The zero-order valence-corrected chi connectivity index (χ0v) is 33.5. The summed E-state index contributed by atoms with van der Waals surface area (Å²) in [5.41, 5.74) is 2.77. The first-order valence-corrected chi connectivity index (χ1v) is 18.4. The summed E-state index contributed by atoms with van der Waals surface area (Å²) in [5.74, 6) is -1.05. The molecule has 3 aromatic carbocycles. The van der Waals surface area contributed by atoms with E-state index >= 15 is 0 Å². The van der Waals surface area contributed by atoms with E-state index in [-0.39, 0.29) is 37.4 Å². The highest BCUT2D eigenvalue weighted by molar-refractivity contribution is 8.18. The summed E-state index contributed by atoms with van der Waals surface area (Å²) in [6.45, 7) is 28.8. The minimum Gasteiger partial charge on any atom is -0.507 e. The molecular formula is C41H56O6S2. The maximum atomic E-state index is 11.9. The van der Waals surface area contributed by atoms with E-state index in [0.29, 0.717) is 24.2 Å². The van der Waals surface area contributed by atoms with Crippen LogP contribution >= 0.6 is 23.5 Å². The van der Waals surface area contributed by atoms with Crippen molar-refractivity contribution in [2.45, 2.75) is 145 Å². The van der Waals surface area contributed by atoms with Gasteiger partial charge in [0.15, 0.2) is 0 Å². The summed E-state index contributed by atoms with van der Waals surface area (Å²) in [6.07, 6.45) is 0.999. The number of thioether (sulfide) groups is 2. The van der Waals surface area contributed by atoms with Crippen LogP contribution in [0.25, 0.3) is 0 Å². The maximum Gasteiger partial charge on any atom is 0.339 e. The molecule has 0 aliphatic heterocycles. The zero-order valence-electron chi connectivity index (χ0n) is 31.8. The third kappa shape index (κ3) is 10.0. The van der Waals surface area contributed by atoms with Crippen molar-refractivity contribution in [3.05, 3.63) is 75.8 Å². The molecule has 0 amide bonds. The fourth-order valence-electron chi connectivity index (χ4n) is 5.95. The molecule has 8 heteroatoms. The molecule has 0 aliphatic carbocycles. The summed E-state index contributed by atoms with van der Waals surface area (Å²) < 4.78 is 5.07. The smallest absolute Gasteiger partial charge is 0.339 e. The Bertz CT molecular complexity index is 1680. The molecule has 0 saturated heterocycles. The van der Waals surface area contributed by atoms with Gasteiger partial charge < -0.3 is 20.1 Å². The second kappa shape index (κ2) is 14.3. The number of para-hydroxylation sites is 1. The first-order chi connectivity index (χ1) is 22.1. The van der Waals surface area contributed by atoms with Gasteiger partial charge in [0, 0.05) is 39.0 Å². The minimum atomic E-state index is -1.16. The van der Waals surface area contributed by atoms with Crippen LogP contribution in [0.4, 0.5) is 0 Å². The number of rotatable bonds is 10. The number of ether oxygens (including phenoxy) is 1. The Morgan fingerprint density at radius 2 is 1.08 bits per heavy atom. The lowest BCUT2D eigenvalue weighted by Crippen LogP contribution is -2.22. The van der Waals surface area contributed by atoms with Crippen molar-refractivity contribution in [3.8, 4) is 17.2 Å². The highest BCUT2D eigenvalue weighted by Gasteiger charge is 2.33. The Morgan fingerprint density at radius 1 is 0.673 bits per heavy atom. The monoisotopic (exact) mass is 708 g/mol. The van der Waals surface area contributed by atoms with Crippen LogP contribution in [0.15, 0.2) is 52.3 Å². The fourth-order valence-corrected chi connectivity index (χ4v) is 8.54. The van der Waals surface area contributed by atoms with Crippen LogP contribution in [-0.4, -0.2) is 31.3 Å². The Morgan fingerprint density at radius 3 is 1.47 bits per heavy atom. The standard InChI is InChI=1S/C41H56O6S2/c1-24(42)47-35-25(16-15-17-28(35)36(45)46)18-19-40(11,12)32-23-27(22-31(34(32)44)39(8,9)10)49-41(13,14)48-26-20-29(37(2,3)4)33(43)30(21-26)38(5,6)7/h15-17,20-23,43-44H,18-19H2,1-14H3,(H,45,46). The topological polar surface area (TPSA) is 104 Å². The van der Waals surface area contributed by atoms with Crippen molar-refractivity contribution >= 4 is 35.5 Å². The first kappa shape index (κ1) is 40.3. The summed E-state index contributed by atoms with van der Waals surface area (Å²) in [5, 5.41) is 32.8. The number of aromatic carboxylic acids is 1. The van der Waals surface area contributed by atoms with E-state index in [4.69, 9.17) is 4.74 Å². The second-order valence-corrected chi connectivity index (χ2v) is 20.8. The van der Waals surface area contributed by atoms with Gasteiger partial charge in [0.1, 0.15) is 22.8 Å². The van der Waals surface area contributed by atoms with Gasteiger partial charge in [0.2, 0.25) is 0 Å². The second-order valence-electron chi connectivity index (χ2n) is 17.2. The number of carboxylic acids is 1. The molecule has 0 heterocycles. The van der Waals surface area contributed by atoms with Crippen LogP contribution < -0.4 is 4.74 Å². The Hall–Kier alpha value is -3.10. The molecule has 0 aromatic heterocycles. The van der Waals surface area contributed by atoms with Crippen molar-refractivity contribution in [1.29, 1.82) is 0 Å². The summed E-state index contributed by atoms with van der Waals surface area (Å²) >= 11 is 3.49. The number of aryl methyl sites for hydroxylation is 1. The highest BCUT2D eigenvalue weighted by atomic mass is 32.2. The number of carboxylic acid groups (broad SMARTS) is 1. The number of phenolic OH excluding ortho intramolecular Hbond substituents is 2. The van der Waals surface area contributed by atoms with Crippen LogP contribution in [0.5, 0.6) is 17.2 Å². The largest absolute Gasteiger partial charge is 0.507 e. The van der Waals surface area contributed by atoms with Crippen molar-refractivity contribution in [2.24, 2.45) is 0 Å². The number of benzene rings is 3. The van der Waals surface area contributed by atoms with E-state index in [0.717, 1.165) is 32.0 Å². The molecule has 268 valence electrons. The van der Waals surface area contributed by atoms with Gasteiger partial charge in [-0.15, -0.1) is 23.5 Å². The molecule has 0 radical (unpaired) electrons. The lowest BCUT2D eigenvalue weighted by Gasteiger charge is -2.33.